The summed E-state index contributed by atoms with van der Waals surface area (Å²) in [5.74, 6) is 0.602. The fourth-order valence-electron chi connectivity index (χ4n) is 2.52. The summed E-state index contributed by atoms with van der Waals surface area (Å²) < 4.78 is 49.9. The summed E-state index contributed by atoms with van der Waals surface area (Å²) in [4.78, 5) is 12.0. The number of esters is 1. The number of ether oxygens (including phenoxy) is 5. The van der Waals surface area contributed by atoms with Gasteiger partial charge in [-0.1, -0.05) is 6.07 Å². The van der Waals surface area contributed by atoms with Crippen molar-refractivity contribution in [3.8, 4) is 23.0 Å². The van der Waals surface area contributed by atoms with Gasteiger partial charge < -0.3 is 23.7 Å². The van der Waals surface area contributed by atoms with E-state index in [0.717, 1.165) is 11.1 Å². The van der Waals surface area contributed by atoms with Crippen molar-refractivity contribution in [1.82, 2.24) is 0 Å². The first kappa shape index (κ1) is 22.0. The van der Waals surface area contributed by atoms with E-state index in [1.54, 1.807) is 19.2 Å². The zero-order valence-corrected chi connectivity index (χ0v) is 16.5. The first-order chi connectivity index (χ1) is 13.9. The number of carbonyl (C=O) groups is 1. The predicted molar refractivity (Wildman–Crippen MR) is 103 cm³/mol. The van der Waals surface area contributed by atoms with Gasteiger partial charge in [0.1, 0.15) is 6.61 Å². The van der Waals surface area contributed by atoms with Gasteiger partial charge in [0.15, 0.2) is 23.0 Å². The van der Waals surface area contributed by atoms with Crippen molar-refractivity contribution in [2.24, 2.45) is 0 Å². The molecule has 0 fully saturated rings. The Morgan fingerprint density at radius 2 is 1.59 bits per heavy atom. The molecule has 0 spiro atoms. The quantitative estimate of drug-likeness (QED) is 0.453. The first-order valence-corrected chi connectivity index (χ1v) is 8.57. The highest BCUT2D eigenvalue weighted by atomic mass is 19.3. The van der Waals surface area contributed by atoms with Crippen molar-refractivity contribution in [1.29, 1.82) is 0 Å². The highest BCUT2D eigenvalue weighted by Crippen LogP contribution is 2.31. The molecule has 0 saturated carbocycles. The number of carbonyl (C=O) groups excluding carboxylic acids is 1. The number of alkyl halides is 2. The van der Waals surface area contributed by atoms with Crippen LogP contribution in [0, 0.1) is 6.92 Å². The molecule has 2 rings (SSSR count). The van der Waals surface area contributed by atoms with Crippen LogP contribution in [0.2, 0.25) is 0 Å². The van der Waals surface area contributed by atoms with Gasteiger partial charge in [-0.25, -0.2) is 4.79 Å². The maximum Gasteiger partial charge on any atom is 0.387 e. The molecular formula is C21H22F2O6. The predicted octanol–water partition coefficient (Wildman–Crippen LogP) is 4.38. The van der Waals surface area contributed by atoms with Crippen molar-refractivity contribution in [3.05, 3.63) is 53.1 Å². The third-order valence-electron chi connectivity index (χ3n) is 4.03. The molecule has 8 heteroatoms. The van der Waals surface area contributed by atoms with E-state index in [1.165, 1.54) is 44.6 Å². The lowest BCUT2D eigenvalue weighted by Crippen LogP contribution is -2.04. The Kier molecular flexibility index (Phi) is 7.82. The van der Waals surface area contributed by atoms with Crippen LogP contribution in [0.5, 0.6) is 23.0 Å². The fourth-order valence-corrected chi connectivity index (χ4v) is 2.52. The molecule has 0 atom stereocenters. The van der Waals surface area contributed by atoms with Crippen LogP contribution in [-0.4, -0.2) is 33.9 Å². The Balaban J connectivity index is 2.03. The molecule has 6 nitrogen and oxygen atoms in total. The van der Waals surface area contributed by atoms with E-state index >= 15 is 0 Å². The number of hydrogen-bond acceptors (Lipinski definition) is 6. The van der Waals surface area contributed by atoms with Crippen molar-refractivity contribution in [3.63, 3.8) is 0 Å². The van der Waals surface area contributed by atoms with E-state index in [4.69, 9.17) is 18.9 Å². The summed E-state index contributed by atoms with van der Waals surface area (Å²) in [5, 5.41) is 0. The van der Waals surface area contributed by atoms with Gasteiger partial charge in [0.25, 0.3) is 0 Å². The van der Waals surface area contributed by atoms with E-state index in [-0.39, 0.29) is 18.1 Å². The van der Waals surface area contributed by atoms with Gasteiger partial charge in [0, 0.05) is 6.08 Å². The lowest BCUT2D eigenvalue weighted by molar-refractivity contribution is -0.138. The van der Waals surface area contributed by atoms with Crippen LogP contribution in [0.15, 0.2) is 36.4 Å². The van der Waals surface area contributed by atoms with Crippen LogP contribution in [0.3, 0.4) is 0 Å². The summed E-state index contributed by atoms with van der Waals surface area (Å²) >= 11 is 0. The number of benzene rings is 2. The zero-order valence-electron chi connectivity index (χ0n) is 16.5. The minimum absolute atomic E-state index is 0.0554. The van der Waals surface area contributed by atoms with Crippen molar-refractivity contribution < 1.29 is 37.3 Å². The molecule has 2 aromatic rings. The first-order valence-electron chi connectivity index (χ1n) is 8.57. The van der Waals surface area contributed by atoms with E-state index in [1.807, 2.05) is 6.92 Å². The molecule has 0 radical (unpaired) electrons. The second-order valence-electron chi connectivity index (χ2n) is 5.86. The van der Waals surface area contributed by atoms with Crippen LogP contribution in [-0.2, 0) is 16.1 Å². The highest BCUT2D eigenvalue weighted by molar-refractivity contribution is 5.87. The minimum Gasteiger partial charge on any atom is -0.493 e. The Bertz CT molecular complexity index is 880. The summed E-state index contributed by atoms with van der Waals surface area (Å²) in [6.45, 7) is -1.03. The second kappa shape index (κ2) is 10.3. The normalized spacial score (nSPS) is 10.9. The minimum atomic E-state index is -2.96. The lowest BCUT2D eigenvalue weighted by Gasteiger charge is -2.12. The SMILES string of the molecule is COc1cc(C)c(COC(=O)/C=C/c2ccc(OC(F)F)c(OC)c2)cc1OC. The largest absolute Gasteiger partial charge is 0.493 e. The van der Waals surface area contributed by atoms with Crippen molar-refractivity contribution in [2.75, 3.05) is 21.3 Å². The molecule has 156 valence electrons. The van der Waals surface area contributed by atoms with Crippen LogP contribution >= 0.6 is 0 Å². The summed E-state index contributed by atoms with van der Waals surface area (Å²) in [7, 11) is 4.40. The van der Waals surface area contributed by atoms with E-state index in [0.29, 0.717) is 17.1 Å². The van der Waals surface area contributed by atoms with Gasteiger partial charge in [-0.3, -0.25) is 0 Å². The number of hydrogen-bond donors (Lipinski definition) is 0. The van der Waals surface area contributed by atoms with Gasteiger partial charge in [0.05, 0.1) is 21.3 Å². The molecule has 0 aliphatic heterocycles. The molecule has 0 N–H and O–H groups in total. The number of halogens is 2. The molecule has 0 aliphatic carbocycles. The van der Waals surface area contributed by atoms with Crippen molar-refractivity contribution >= 4 is 12.0 Å². The lowest BCUT2D eigenvalue weighted by atomic mass is 10.1. The molecule has 2 aromatic carbocycles. The fraction of sp³-hybridized carbons (Fsp3) is 0.286. The van der Waals surface area contributed by atoms with Gasteiger partial charge in [-0.05, 0) is 54.0 Å². The van der Waals surface area contributed by atoms with E-state index in [2.05, 4.69) is 4.74 Å². The molecule has 29 heavy (non-hydrogen) atoms. The van der Waals surface area contributed by atoms with Crippen LogP contribution in [0.1, 0.15) is 16.7 Å². The Morgan fingerprint density at radius 1 is 0.966 bits per heavy atom. The average Bonchev–Trinajstić information content (AvgIpc) is 2.71. The summed E-state index contributed by atoms with van der Waals surface area (Å²) in [5.41, 5.74) is 2.22. The molecule has 0 unspecified atom stereocenters. The molecule has 0 aliphatic rings. The Hall–Kier alpha value is -3.29. The van der Waals surface area contributed by atoms with Crippen molar-refractivity contribution in [2.45, 2.75) is 20.1 Å². The second-order valence-corrected chi connectivity index (χ2v) is 5.86. The van der Waals surface area contributed by atoms with Gasteiger partial charge >= 0.3 is 12.6 Å². The molecule has 0 amide bonds. The van der Waals surface area contributed by atoms with Gasteiger partial charge in [-0.2, -0.15) is 8.78 Å². The third-order valence-corrected chi connectivity index (χ3v) is 4.03. The smallest absolute Gasteiger partial charge is 0.387 e. The molecule has 0 bridgehead atoms. The van der Waals surface area contributed by atoms with Gasteiger partial charge in [0.2, 0.25) is 0 Å². The molecule has 0 saturated heterocycles. The molecular weight excluding hydrogens is 386 g/mol. The van der Waals surface area contributed by atoms with Gasteiger partial charge in [-0.15, -0.1) is 0 Å². The number of methoxy groups -OCH3 is 3. The molecule has 0 aromatic heterocycles. The zero-order chi connectivity index (χ0) is 21.4. The maximum atomic E-state index is 12.4. The van der Waals surface area contributed by atoms with Crippen LogP contribution in [0.4, 0.5) is 8.78 Å². The molecule has 0 heterocycles. The van der Waals surface area contributed by atoms with Crippen LogP contribution < -0.4 is 18.9 Å². The summed E-state index contributed by atoms with van der Waals surface area (Å²) in [6, 6.07) is 7.87. The van der Waals surface area contributed by atoms with E-state index < -0.39 is 12.6 Å². The Morgan fingerprint density at radius 3 is 2.21 bits per heavy atom. The van der Waals surface area contributed by atoms with Crippen LogP contribution in [0.25, 0.3) is 6.08 Å². The number of aryl methyl sites for hydroxylation is 1. The third kappa shape index (κ3) is 6.10. The highest BCUT2D eigenvalue weighted by Gasteiger charge is 2.11. The maximum absolute atomic E-state index is 12.4. The van der Waals surface area contributed by atoms with E-state index in [9.17, 15) is 13.6 Å². The summed E-state index contributed by atoms with van der Waals surface area (Å²) in [6.07, 6.45) is 2.72. The Labute approximate surface area is 167 Å². The standard InChI is InChI=1S/C21H22F2O6/c1-13-9-17(25-2)19(27-4)11-15(13)12-28-20(24)8-6-14-5-7-16(29-21(22)23)18(10-14)26-3/h5-11,21H,12H2,1-4H3/b8-6+. The number of rotatable bonds is 9. The average molecular weight is 408 g/mol. The topological polar surface area (TPSA) is 63.2 Å². The monoisotopic (exact) mass is 408 g/mol.